The van der Waals surface area contributed by atoms with Crippen LogP contribution in [0.15, 0.2) is 23.8 Å². The molecule has 1 heterocycles. The van der Waals surface area contributed by atoms with E-state index in [9.17, 15) is 9.59 Å². The number of allylic oxidation sites excluding steroid dienone is 3. The molecule has 0 aromatic heterocycles. The molecule has 0 aromatic rings. The number of likely N-dealkylation sites (tertiary alicyclic amines) is 1. The van der Waals surface area contributed by atoms with E-state index >= 15 is 0 Å². The number of Topliss-reactive ketones (excluding diaryl/α,β-unsaturated/α-hetero) is 1. The normalized spacial score (nSPS) is 29.4. The first kappa shape index (κ1) is 17.4. The molecule has 132 valence electrons. The molecule has 1 amide bonds. The third kappa shape index (κ3) is 4.35. The van der Waals surface area contributed by atoms with Crippen molar-refractivity contribution in [1.29, 1.82) is 0 Å². The minimum Gasteiger partial charge on any atom is -0.349 e. The molecule has 2 aliphatic carbocycles. The van der Waals surface area contributed by atoms with Gasteiger partial charge in [0.05, 0.1) is 5.57 Å². The molecule has 1 saturated carbocycles. The fraction of sp³-hybridized carbons (Fsp3) is 0.700. The minimum absolute atomic E-state index is 0.0626. The van der Waals surface area contributed by atoms with Crippen molar-refractivity contribution in [3.63, 3.8) is 0 Å². The molecule has 3 aliphatic rings. The molecule has 1 aliphatic heterocycles. The number of carbonyl (C=O) groups excluding carboxylic acids is 2. The Hall–Kier alpha value is -1.42. The van der Waals surface area contributed by atoms with Gasteiger partial charge in [0.15, 0.2) is 5.78 Å². The zero-order valence-electron chi connectivity index (χ0n) is 14.8. The van der Waals surface area contributed by atoms with Gasteiger partial charge < -0.3 is 10.2 Å². The van der Waals surface area contributed by atoms with Crippen LogP contribution in [-0.4, -0.2) is 42.3 Å². The summed E-state index contributed by atoms with van der Waals surface area (Å²) in [4.78, 5) is 27.0. The first-order valence-corrected chi connectivity index (χ1v) is 9.56. The van der Waals surface area contributed by atoms with Crippen molar-refractivity contribution in [2.24, 2.45) is 11.8 Å². The zero-order valence-corrected chi connectivity index (χ0v) is 14.8. The van der Waals surface area contributed by atoms with Crippen molar-refractivity contribution in [3.05, 3.63) is 23.8 Å². The average molecular weight is 330 g/mol. The number of hydrogen-bond donors (Lipinski definition) is 1. The largest absolute Gasteiger partial charge is 0.349 e. The molecule has 1 N–H and O–H groups in total. The van der Waals surface area contributed by atoms with E-state index in [0.717, 1.165) is 18.9 Å². The second-order valence-electron chi connectivity index (χ2n) is 7.74. The van der Waals surface area contributed by atoms with E-state index in [1.807, 2.05) is 6.08 Å². The lowest BCUT2D eigenvalue weighted by Gasteiger charge is -2.38. The van der Waals surface area contributed by atoms with Crippen LogP contribution in [0.3, 0.4) is 0 Å². The molecule has 4 heteroatoms. The van der Waals surface area contributed by atoms with E-state index in [1.165, 1.54) is 45.2 Å². The highest BCUT2D eigenvalue weighted by Gasteiger charge is 2.30. The van der Waals surface area contributed by atoms with E-state index in [1.54, 1.807) is 12.2 Å². The molecule has 3 rings (SSSR count). The van der Waals surface area contributed by atoms with Crippen LogP contribution in [0.4, 0.5) is 0 Å². The quantitative estimate of drug-likeness (QED) is 0.807. The van der Waals surface area contributed by atoms with Crippen molar-refractivity contribution >= 4 is 11.7 Å². The molecule has 0 radical (unpaired) electrons. The second-order valence-corrected chi connectivity index (χ2v) is 7.74. The van der Waals surface area contributed by atoms with Crippen molar-refractivity contribution < 1.29 is 9.59 Å². The molecular formula is C20H30N2O2. The Morgan fingerprint density at radius 2 is 1.96 bits per heavy atom. The summed E-state index contributed by atoms with van der Waals surface area (Å²) < 4.78 is 0. The van der Waals surface area contributed by atoms with Crippen LogP contribution < -0.4 is 5.32 Å². The van der Waals surface area contributed by atoms with Crippen LogP contribution in [0.1, 0.15) is 51.9 Å². The third-order valence-electron chi connectivity index (χ3n) is 5.84. The van der Waals surface area contributed by atoms with Gasteiger partial charge in [0, 0.05) is 19.0 Å². The van der Waals surface area contributed by atoms with E-state index in [0.29, 0.717) is 17.9 Å². The van der Waals surface area contributed by atoms with Crippen molar-refractivity contribution in [2.45, 2.75) is 57.9 Å². The summed E-state index contributed by atoms with van der Waals surface area (Å²) in [6.07, 6.45) is 12.8. The van der Waals surface area contributed by atoms with Gasteiger partial charge in [-0.15, -0.1) is 0 Å². The predicted octanol–water partition coefficient (Wildman–Crippen LogP) is 2.85. The van der Waals surface area contributed by atoms with E-state index in [-0.39, 0.29) is 17.7 Å². The van der Waals surface area contributed by atoms with Gasteiger partial charge in [-0.2, -0.15) is 0 Å². The third-order valence-corrected chi connectivity index (χ3v) is 5.84. The lowest BCUT2D eigenvalue weighted by molar-refractivity contribution is -0.123. The van der Waals surface area contributed by atoms with Gasteiger partial charge in [0.2, 0.25) is 0 Å². The molecule has 4 nitrogen and oxygen atoms in total. The van der Waals surface area contributed by atoms with Gasteiger partial charge in [-0.25, -0.2) is 0 Å². The number of nitrogens with zero attached hydrogens (tertiary/aromatic N) is 1. The number of amides is 1. The Bertz CT molecular complexity index is 530. The Morgan fingerprint density at radius 3 is 2.71 bits per heavy atom. The molecule has 0 aromatic carbocycles. The second kappa shape index (κ2) is 8.11. The SMILES string of the molecule is CC1CCN(CC2CCCCC2NC(=O)C2=CC=CCC2=O)CC1. The van der Waals surface area contributed by atoms with Crippen LogP contribution in [-0.2, 0) is 9.59 Å². The highest BCUT2D eigenvalue weighted by molar-refractivity contribution is 6.20. The number of hydrogen-bond acceptors (Lipinski definition) is 3. The first-order valence-electron chi connectivity index (χ1n) is 9.56. The summed E-state index contributed by atoms with van der Waals surface area (Å²) in [6.45, 7) is 5.80. The van der Waals surface area contributed by atoms with Crippen LogP contribution in [0.2, 0.25) is 0 Å². The molecule has 2 unspecified atom stereocenters. The van der Waals surface area contributed by atoms with Crippen LogP contribution >= 0.6 is 0 Å². The molecule has 2 fully saturated rings. The summed E-state index contributed by atoms with van der Waals surface area (Å²) in [7, 11) is 0. The number of rotatable bonds is 4. The predicted molar refractivity (Wildman–Crippen MR) is 95.6 cm³/mol. The van der Waals surface area contributed by atoms with Gasteiger partial charge in [-0.1, -0.05) is 31.9 Å². The molecule has 2 atom stereocenters. The van der Waals surface area contributed by atoms with E-state index in [2.05, 4.69) is 17.1 Å². The Morgan fingerprint density at radius 1 is 1.21 bits per heavy atom. The molecule has 1 saturated heterocycles. The highest BCUT2D eigenvalue weighted by Crippen LogP contribution is 2.27. The highest BCUT2D eigenvalue weighted by atomic mass is 16.2. The molecule has 24 heavy (non-hydrogen) atoms. The number of carbonyl (C=O) groups is 2. The summed E-state index contributed by atoms with van der Waals surface area (Å²) in [5.74, 6) is 1.13. The lowest BCUT2D eigenvalue weighted by atomic mass is 9.83. The average Bonchev–Trinajstić information content (AvgIpc) is 2.59. The van der Waals surface area contributed by atoms with Gasteiger partial charge in [0.25, 0.3) is 5.91 Å². The van der Waals surface area contributed by atoms with Gasteiger partial charge in [0.1, 0.15) is 0 Å². The smallest absolute Gasteiger partial charge is 0.255 e. The van der Waals surface area contributed by atoms with Crippen LogP contribution in [0.25, 0.3) is 0 Å². The fourth-order valence-corrected chi connectivity index (χ4v) is 4.18. The minimum atomic E-state index is -0.173. The summed E-state index contributed by atoms with van der Waals surface area (Å²) in [5, 5.41) is 3.18. The maximum atomic E-state index is 12.5. The van der Waals surface area contributed by atoms with Crippen molar-refractivity contribution in [1.82, 2.24) is 10.2 Å². The first-order chi connectivity index (χ1) is 11.6. The Balaban J connectivity index is 1.58. The summed E-state index contributed by atoms with van der Waals surface area (Å²) >= 11 is 0. The summed E-state index contributed by atoms with van der Waals surface area (Å²) in [6, 6.07) is 0.213. The van der Waals surface area contributed by atoms with Gasteiger partial charge >= 0.3 is 0 Å². The summed E-state index contributed by atoms with van der Waals surface area (Å²) in [5.41, 5.74) is 0.327. The van der Waals surface area contributed by atoms with Crippen molar-refractivity contribution in [2.75, 3.05) is 19.6 Å². The number of ketones is 1. The molecule has 0 spiro atoms. The van der Waals surface area contributed by atoms with Crippen LogP contribution in [0, 0.1) is 11.8 Å². The van der Waals surface area contributed by atoms with Gasteiger partial charge in [-0.05, 0) is 56.7 Å². The lowest BCUT2D eigenvalue weighted by Crippen LogP contribution is -2.48. The van der Waals surface area contributed by atoms with Crippen molar-refractivity contribution in [3.8, 4) is 0 Å². The molecule has 0 bridgehead atoms. The Labute approximate surface area is 145 Å². The molecular weight excluding hydrogens is 300 g/mol. The number of piperidine rings is 1. The zero-order chi connectivity index (χ0) is 16.9. The standard InChI is InChI=1S/C20H30N2O2/c1-15-10-12-22(13-11-15)14-16-6-2-4-8-18(16)21-20(24)17-7-3-5-9-19(17)23/h3,5,7,15-16,18H,2,4,6,8-14H2,1H3,(H,21,24). The topological polar surface area (TPSA) is 49.4 Å². The maximum absolute atomic E-state index is 12.5. The number of nitrogens with one attached hydrogen (secondary N) is 1. The van der Waals surface area contributed by atoms with Crippen LogP contribution in [0.5, 0.6) is 0 Å². The van der Waals surface area contributed by atoms with Gasteiger partial charge in [-0.3, -0.25) is 9.59 Å². The van der Waals surface area contributed by atoms with E-state index in [4.69, 9.17) is 0 Å². The Kier molecular flexibility index (Phi) is 5.88. The maximum Gasteiger partial charge on any atom is 0.255 e. The fourth-order valence-electron chi connectivity index (χ4n) is 4.18. The monoisotopic (exact) mass is 330 g/mol. The van der Waals surface area contributed by atoms with E-state index < -0.39 is 0 Å².